The molecule has 3 rings (SSSR count). The molecule has 0 N–H and O–H groups in total. The van der Waals surface area contributed by atoms with Gasteiger partial charge in [-0.05, 0) is 73.9 Å². The van der Waals surface area contributed by atoms with E-state index in [2.05, 4.69) is 105 Å². The standard InChI is InChI=1S/C33H46N2.2C27H55.Ni/c1-5-9-11-12-13-15-17-31-30(8-4)32(28-22-18-26(7-3)19-23-28)35(34)33(31)29-24-20-27(21-25-29)16-14-10-6-2;2*1-3-5-7-9-11-13-15-17-19-21-23-25-27-26-24-22-20-18-16-14-12-10-8-6-4-2;/h18-25H,5-17H2,1-4H3;2*1,3-27H2,2H3;. The summed E-state index contributed by atoms with van der Waals surface area (Å²) in [6.07, 6.45) is 89.8. The molecule has 0 bridgehead atoms. The van der Waals surface area contributed by atoms with E-state index >= 15 is 0 Å². The summed E-state index contributed by atoms with van der Waals surface area (Å²) in [5, 5.41) is 2.87. The summed E-state index contributed by atoms with van der Waals surface area (Å²) in [5.74, 6) is 0. The minimum atomic E-state index is 0.922. The van der Waals surface area contributed by atoms with Gasteiger partial charge in [-0.2, -0.15) is 0 Å². The molecule has 0 aliphatic carbocycles. The van der Waals surface area contributed by atoms with Crippen molar-refractivity contribution in [3.8, 4) is 0 Å². The molecule has 0 spiro atoms. The molecule has 524 valence electrons. The molecule has 1 heterocycles. The van der Waals surface area contributed by atoms with Crippen molar-refractivity contribution in [3.63, 3.8) is 0 Å². The van der Waals surface area contributed by atoms with Gasteiger partial charge >= 0.3 is 166 Å². The van der Waals surface area contributed by atoms with Gasteiger partial charge in [0.25, 0.3) is 0 Å². The molecule has 2 aromatic carbocycles. The zero-order valence-electron chi connectivity index (χ0n) is 61.8. The van der Waals surface area contributed by atoms with Crippen molar-refractivity contribution >= 4 is 11.4 Å². The monoisotopic (exact) mass is 1290 g/mol. The van der Waals surface area contributed by atoms with Gasteiger partial charge in [0.05, 0.1) is 0 Å². The SMILES string of the molecule is CCCCCCCCC1=C(c2ccc(CCCCC)cc2)[N+](=[N-])C(c2ccc(CC)cc2)=C1CC.CCCCCCCCCCCCCCCCCCCCCCCCCC[CH2][Ni][CH2]CCCCCCCCCCCCCCCCCCCCCCCCCC. The Morgan fingerprint density at radius 2 is 0.456 bits per heavy atom. The van der Waals surface area contributed by atoms with Gasteiger partial charge in [-0.25, -0.2) is 4.70 Å². The fraction of sp³-hybridized carbons (Fsp3) is 0.816. The summed E-state index contributed by atoms with van der Waals surface area (Å²) < 4.78 is 1.50. The summed E-state index contributed by atoms with van der Waals surface area (Å²) in [5.41, 5.74) is 21.1. The fourth-order valence-corrected chi connectivity index (χ4v) is 15.2. The van der Waals surface area contributed by atoms with Crippen LogP contribution in [0.15, 0.2) is 59.7 Å². The first-order valence-electron chi connectivity index (χ1n) is 41.1. The zero-order chi connectivity index (χ0) is 64.5. The van der Waals surface area contributed by atoms with E-state index in [4.69, 9.17) is 0 Å². The van der Waals surface area contributed by atoms with Crippen LogP contribution in [0.4, 0.5) is 0 Å². The van der Waals surface area contributed by atoms with Crippen LogP contribution in [0.2, 0.25) is 10.8 Å². The molecule has 3 heteroatoms. The third kappa shape index (κ3) is 47.0. The Morgan fingerprint density at radius 3 is 0.722 bits per heavy atom. The molecule has 0 fully saturated rings. The topological polar surface area (TPSA) is 25.3 Å². The van der Waals surface area contributed by atoms with E-state index in [1.165, 1.54) is 417 Å². The maximum atomic E-state index is 11.6. The first kappa shape index (κ1) is 84.1. The van der Waals surface area contributed by atoms with E-state index < -0.39 is 0 Å². The third-order valence-corrected chi connectivity index (χ3v) is 21.5. The summed E-state index contributed by atoms with van der Waals surface area (Å²) >= 11 is 2.05. The molecular weight excluding hydrogens is 1130 g/mol. The van der Waals surface area contributed by atoms with Crippen molar-refractivity contribution in [1.82, 2.24) is 0 Å². The number of rotatable bonds is 67. The molecule has 2 nitrogen and oxygen atoms in total. The fourth-order valence-electron chi connectivity index (χ4n) is 14.0. The van der Waals surface area contributed by atoms with Crippen LogP contribution in [0, 0.1) is 0 Å². The predicted octanol–water partition coefficient (Wildman–Crippen LogP) is 31.8. The minimum absolute atomic E-state index is 0.922. The van der Waals surface area contributed by atoms with Crippen molar-refractivity contribution < 1.29 is 19.1 Å². The van der Waals surface area contributed by atoms with Crippen molar-refractivity contribution in [2.45, 2.75) is 457 Å². The maximum absolute atomic E-state index is 11.6. The van der Waals surface area contributed by atoms with E-state index in [1.807, 2.05) is 0 Å². The van der Waals surface area contributed by atoms with Gasteiger partial charge in [-0.1, -0.05) is 291 Å². The van der Waals surface area contributed by atoms with E-state index in [0.717, 1.165) is 48.2 Å². The van der Waals surface area contributed by atoms with E-state index in [-0.39, 0.29) is 0 Å². The van der Waals surface area contributed by atoms with Crippen LogP contribution in [0.5, 0.6) is 0 Å². The van der Waals surface area contributed by atoms with E-state index in [0.29, 0.717) is 0 Å². The number of benzene rings is 2. The molecule has 0 aromatic heterocycles. The van der Waals surface area contributed by atoms with Crippen molar-refractivity contribution in [2.75, 3.05) is 0 Å². The number of allylic oxidation sites excluding steroid dienone is 2. The van der Waals surface area contributed by atoms with Crippen LogP contribution in [0.3, 0.4) is 0 Å². The number of hydrogen-bond donors (Lipinski definition) is 0. The molecule has 2 aromatic rings. The summed E-state index contributed by atoms with van der Waals surface area (Å²) in [7, 11) is 0. The van der Waals surface area contributed by atoms with Gasteiger partial charge in [-0.15, -0.1) is 0 Å². The van der Waals surface area contributed by atoms with Gasteiger partial charge in [0.2, 0.25) is 11.4 Å². The molecule has 1 aliphatic rings. The molecule has 90 heavy (non-hydrogen) atoms. The summed E-state index contributed by atoms with van der Waals surface area (Å²) in [6, 6.07) is 17.7. The predicted molar refractivity (Wildman–Crippen MR) is 403 cm³/mol. The molecule has 0 unspecified atom stereocenters. The number of aryl methyl sites for hydroxylation is 2. The molecule has 0 radical (unpaired) electrons. The Morgan fingerprint density at radius 1 is 0.233 bits per heavy atom. The van der Waals surface area contributed by atoms with Gasteiger partial charge in [0.15, 0.2) is 0 Å². The first-order chi connectivity index (χ1) is 44.6. The van der Waals surface area contributed by atoms with Crippen molar-refractivity contribution in [2.24, 2.45) is 0 Å². The molecule has 0 saturated heterocycles. The first-order valence-corrected chi connectivity index (χ1v) is 42.5. The average molecular weight is 1290 g/mol. The quantitative estimate of drug-likeness (QED) is 0.0358. The molecule has 1 aliphatic heterocycles. The van der Waals surface area contributed by atoms with E-state index in [9.17, 15) is 5.53 Å². The molecule has 0 atom stereocenters. The smallest absolute Gasteiger partial charge is 0.0654 e. The molecule has 0 saturated carbocycles. The Hall–Kier alpha value is -1.99. The number of nitrogens with zero attached hydrogens (tertiary/aromatic N) is 2. The molecular formula is C87H156N2Ni. The van der Waals surface area contributed by atoms with Crippen LogP contribution in [0.25, 0.3) is 16.9 Å². The van der Waals surface area contributed by atoms with Crippen LogP contribution < -0.4 is 0 Å². The van der Waals surface area contributed by atoms with Crippen LogP contribution >= 0.6 is 0 Å². The van der Waals surface area contributed by atoms with Crippen LogP contribution in [-0.4, -0.2) is 4.70 Å². The normalized spacial score (nSPS) is 12.6. The van der Waals surface area contributed by atoms with Gasteiger partial charge < -0.3 is 5.53 Å². The van der Waals surface area contributed by atoms with Crippen molar-refractivity contribution in [3.05, 3.63) is 87.5 Å². The van der Waals surface area contributed by atoms with Crippen LogP contribution in [-0.2, 0) is 27.3 Å². The minimum Gasteiger partial charge on any atom is -0.0654 e. The summed E-state index contributed by atoms with van der Waals surface area (Å²) in [6.45, 7) is 13.6. The van der Waals surface area contributed by atoms with E-state index in [1.54, 1.807) is 0 Å². The average Bonchev–Trinajstić information content (AvgIpc) is 1.70. The zero-order valence-corrected chi connectivity index (χ0v) is 62.8. The Bertz CT molecular complexity index is 1840. The van der Waals surface area contributed by atoms with Gasteiger partial charge in [-0.3, -0.25) is 0 Å². The Kier molecular flexibility index (Phi) is 61.4. The summed E-state index contributed by atoms with van der Waals surface area (Å²) in [4.78, 5) is 0. The Balaban J connectivity index is 0.000000672. The second-order valence-electron chi connectivity index (χ2n) is 28.5. The third-order valence-electron chi connectivity index (χ3n) is 20.1. The second-order valence-corrected chi connectivity index (χ2v) is 30.0. The van der Waals surface area contributed by atoms with Gasteiger partial charge in [0, 0.05) is 22.3 Å². The van der Waals surface area contributed by atoms with Crippen LogP contribution in [0.1, 0.15) is 455 Å². The van der Waals surface area contributed by atoms with Gasteiger partial charge in [0.1, 0.15) is 0 Å². The number of hydrogen-bond acceptors (Lipinski definition) is 0. The second kappa shape index (κ2) is 65.7. The molecule has 0 amide bonds. The van der Waals surface area contributed by atoms with Crippen molar-refractivity contribution in [1.29, 1.82) is 0 Å². The Labute approximate surface area is 571 Å². The number of unbranched alkanes of at least 4 members (excludes halogenated alkanes) is 55.